The Labute approximate surface area is 350 Å². The average molecular weight is 850 g/mol. The SMILES string of the molecule is O=C(OCc1ccccc1)N(CCC(=O)N(CCN(CCc1ccc(O)c2[nH]c(=O)sc12)C(=O)OCc1ccccc1)C1CCOCC1)CCc1ccc(Cl)c(Cl)c1. The van der Waals surface area contributed by atoms with Crippen molar-refractivity contribution in [2.45, 2.75) is 51.4 Å². The lowest BCUT2D eigenvalue weighted by molar-refractivity contribution is -0.136. The Balaban J connectivity index is 1.16. The third-order valence-electron chi connectivity index (χ3n) is 10.0. The van der Waals surface area contributed by atoms with Gasteiger partial charge in [-0.1, -0.05) is 107 Å². The van der Waals surface area contributed by atoms with Crippen molar-refractivity contribution in [1.82, 2.24) is 19.7 Å². The number of phenols is 1. The van der Waals surface area contributed by atoms with Crippen LogP contribution in [-0.4, -0.2) is 94.9 Å². The van der Waals surface area contributed by atoms with Gasteiger partial charge >= 0.3 is 17.1 Å². The Kier molecular flexibility index (Phi) is 15.5. The van der Waals surface area contributed by atoms with Crippen LogP contribution in [0.1, 0.15) is 41.5 Å². The molecule has 0 atom stereocenters. The number of H-pyrrole nitrogens is 1. The summed E-state index contributed by atoms with van der Waals surface area (Å²) in [6, 6.07) is 27.2. The fraction of sp³-hybridized carbons (Fsp3) is 0.349. The summed E-state index contributed by atoms with van der Waals surface area (Å²) in [5.74, 6) is -0.198. The molecular weight excluding hydrogens is 803 g/mol. The number of hydrogen-bond donors (Lipinski definition) is 2. The molecule has 1 aliphatic heterocycles. The lowest BCUT2D eigenvalue weighted by atomic mass is 10.1. The molecule has 15 heteroatoms. The van der Waals surface area contributed by atoms with Gasteiger partial charge in [0.05, 0.1) is 14.7 Å². The molecule has 1 saturated heterocycles. The highest BCUT2D eigenvalue weighted by Gasteiger charge is 2.29. The Bertz CT molecular complexity index is 2200. The average Bonchev–Trinajstić information content (AvgIpc) is 3.65. The minimum absolute atomic E-state index is 0.0233. The molecule has 2 heterocycles. The van der Waals surface area contributed by atoms with Crippen molar-refractivity contribution in [2.24, 2.45) is 0 Å². The van der Waals surface area contributed by atoms with Gasteiger partial charge in [-0.05, 0) is 66.1 Å². The van der Waals surface area contributed by atoms with Crippen LogP contribution in [0.25, 0.3) is 10.2 Å². The maximum atomic E-state index is 14.2. The number of carbonyl (C=O) groups excluding carboxylic acids is 3. The summed E-state index contributed by atoms with van der Waals surface area (Å²) >= 11 is 13.4. The molecule has 0 aliphatic carbocycles. The van der Waals surface area contributed by atoms with E-state index in [1.165, 1.54) is 11.0 Å². The maximum absolute atomic E-state index is 14.2. The Hall–Kier alpha value is -5.08. The molecule has 58 heavy (non-hydrogen) atoms. The fourth-order valence-electron chi connectivity index (χ4n) is 6.80. The van der Waals surface area contributed by atoms with Gasteiger partial charge in [0.25, 0.3) is 0 Å². The molecule has 6 rings (SSSR count). The number of rotatable bonds is 17. The molecular formula is C43H46Cl2N4O8S. The molecule has 0 unspecified atom stereocenters. The number of phenolic OH excluding ortho intramolecular Hbond substituents is 1. The van der Waals surface area contributed by atoms with Crippen LogP contribution in [-0.2, 0) is 45.1 Å². The van der Waals surface area contributed by atoms with Crippen LogP contribution in [0.3, 0.4) is 0 Å². The van der Waals surface area contributed by atoms with Crippen LogP contribution in [0.5, 0.6) is 5.75 Å². The van der Waals surface area contributed by atoms with E-state index >= 15 is 0 Å². The van der Waals surface area contributed by atoms with Crippen LogP contribution < -0.4 is 4.87 Å². The zero-order chi connectivity index (χ0) is 40.9. The summed E-state index contributed by atoms with van der Waals surface area (Å²) in [7, 11) is 0. The van der Waals surface area contributed by atoms with E-state index in [-0.39, 0.29) is 74.9 Å². The lowest BCUT2D eigenvalue weighted by Gasteiger charge is -2.36. The van der Waals surface area contributed by atoms with Crippen molar-refractivity contribution < 1.29 is 33.7 Å². The summed E-state index contributed by atoms with van der Waals surface area (Å²) in [5, 5.41) is 11.2. The summed E-state index contributed by atoms with van der Waals surface area (Å²) in [5.41, 5.74) is 3.69. The second-order valence-electron chi connectivity index (χ2n) is 13.9. The molecule has 2 N–H and O–H groups in total. The van der Waals surface area contributed by atoms with Gasteiger partial charge in [-0.25, -0.2) is 9.59 Å². The number of benzene rings is 4. The van der Waals surface area contributed by atoms with Crippen LogP contribution in [0.15, 0.2) is 95.8 Å². The second kappa shape index (κ2) is 21.1. The number of amides is 3. The van der Waals surface area contributed by atoms with E-state index in [0.29, 0.717) is 59.2 Å². The number of halogens is 2. The molecule has 12 nitrogen and oxygen atoms in total. The maximum Gasteiger partial charge on any atom is 0.410 e. The van der Waals surface area contributed by atoms with Crippen molar-refractivity contribution >= 4 is 62.8 Å². The number of carbonyl (C=O) groups is 3. The van der Waals surface area contributed by atoms with E-state index in [0.717, 1.165) is 33.6 Å². The molecule has 1 aromatic heterocycles. The van der Waals surface area contributed by atoms with E-state index in [1.54, 1.807) is 28.0 Å². The number of hydrogen-bond acceptors (Lipinski definition) is 9. The number of ether oxygens (including phenoxy) is 3. The molecule has 3 amide bonds. The number of fused-ring (bicyclic) bond motifs is 1. The monoisotopic (exact) mass is 848 g/mol. The first-order valence-corrected chi connectivity index (χ1v) is 20.8. The van der Waals surface area contributed by atoms with Crippen LogP contribution >= 0.6 is 34.5 Å². The highest BCUT2D eigenvalue weighted by molar-refractivity contribution is 7.16. The molecule has 0 saturated carbocycles. The van der Waals surface area contributed by atoms with Crippen molar-refractivity contribution in [3.63, 3.8) is 0 Å². The van der Waals surface area contributed by atoms with E-state index in [2.05, 4.69) is 4.98 Å². The number of thiazole rings is 1. The molecule has 0 spiro atoms. The molecule has 0 radical (unpaired) electrons. The van der Waals surface area contributed by atoms with Gasteiger partial charge < -0.3 is 39.0 Å². The molecule has 306 valence electrons. The highest BCUT2D eigenvalue weighted by Crippen LogP contribution is 2.28. The third kappa shape index (κ3) is 12.0. The van der Waals surface area contributed by atoms with Gasteiger partial charge in [0.1, 0.15) is 24.5 Å². The van der Waals surface area contributed by atoms with E-state index in [1.807, 2.05) is 66.7 Å². The lowest BCUT2D eigenvalue weighted by Crippen LogP contribution is -2.49. The smallest absolute Gasteiger partial charge is 0.410 e. The summed E-state index contributed by atoms with van der Waals surface area (Å²) < 4.78 is 17.7. The summed E-state index contributed by atoms with van der Waals surface area (Å²) in [6.45, 7) is 2.13. The second-order valence-corrected chi connectivity index (χ2v) is 15.7. The van der Waals surface area contributed by atoms with Crippen LogP contribution in [0.4, 0.5) is 9.59 Å². The number of aromatic hydroxyl groups is 1. The molecule has 1 aliphatic rings. The van der Waals surface area contributed by atoms with Crippen LogP contribution in [0, 0.1) is 0 Å². The van der Waals surface area contributed by atoms with Crippen molar-refractivity contribution in [2.75, 3.05) is 45.9 Å². The first-order chi connectivity index (χ1) is 28.1. The predicted molar refractivity (Wildman–Crippen MR) is 225 cm³/mol. The predicted octanol–water partition coefficient (Wildman–Crippen LogP) is 8.06. The summed E-state index contributed by atoms with van der Waals surface area (Å²) in [4.78, 5) is 60.9. The van der Waals surface area contributed by atoms with E-state index < -0.39 is 12.2 Å². The van der Waals surface area contributed by atoms with Crippen molar-refractivity contribution in [1.29, 1.82) is 0 Å². The van der Waals surface area contributed by atoms with E-state index in [4.69, 9.17) is 37.4 Å². The van der Waals surface area contributed by atoms with Gasteiger partial charge in [0.2, 0.25) is 5.91 Å². The summed E-state index contributed by atoms with van der Waals surface area (Å²) in [6.07, 6.45) is 1.02. The van der Waals surface area contributed by atoms with Crippen molar-refractivity contribution in [3.8, 4) is 5.75 Å². The quantitative estimate of drug-likeness (QED) is 0.0958. The largest absolute Gasteiger partial charge is 0.506 e. The molecule has 0 bridgehead atoms. The zero-order valence-electron chi connectivity index (χ0n) is 31.9. The van der Waals surface area contributed by atoms with Gasteiger partial charge in [0, 0.05) is 58.4 Å². The van der Waals surface area contributed by atoms with Gasteiger partial charge in [-0.2, -0.15) is 0 Å². The third-order valence-corrected chi connectivity index (χ3v) is 11.7. The number of nitrogens with one attached hydrogen (secondary N) is 1. The molecule has 5 aromatic rings. The molecule has 1 fully saturated rings. The Morgan fingerprint density at radius 3 is 2.00 bits per heavy atom. The number of nitrogens with zero attached hydrogens (tertiary/aromatic N) is 3. The fourth-order valence-corrected chi connectivity index (χ4v) is 8.02. The van der Waals surface area contributed by atoms with Gasteiger partial charge in [0.15, 0.2) is 0 Å². The minimum atomic E-state index is -0.546. The first kappa shape index (κ1) is 42.5. The minimum Gasteiger partial charge on any atom is -0.506 e. The Morgan fingerprint density at radius 2 is 1.36 bits per heavy atom. The van der Waals surface area contributed by atoms with Gasteiger partial charge in [-0.3, -0.25) is 9.59 Å². The van der Waals surface area contributed by atoms with Gasteiger partial charge in [-0.15, -0.1) is 0 Å². The van der Waals surface area contributed by atoms with Crippen molar-refractivity contribution in [3.05, 3.63) is 133 Å². The normalized spacial score (nSPS) is 12.9. The topological polar surface area (TPSA) is 142 Å². The zero-order valence-corrected chi connectivity index (χ0v) is 34.3. The standard InChI is InChI=1S/C43H46Cl2N4O8S/c44-35-13-11-30(27-36(35)45)15-20-47(42(53)56-28-31-7-3-1-4-8-31)22-17-38(51)49(34-18-25-55-26-19-34)24-23-48(43(54)57-29-32-9-5-2-6-10-32)21-16-33-12-14-37(50)39-40(33)58-41(52)46-39/h1-14,27,34,50H,15-26,28-29H2,(H,46,52). The Morgan fingerprint density at radius 1 is 0.741 bits per heavy atom. The number of aromatic amines is 1. The highest BCUT2D eigenvalue weighted by atomic mass is 35.5. The first-order valence-electron chi connectivity index (χ1n) is 19.2. The molecule has 4 aromatic carbocycles. The number of aromatic nitrogens is 1. The van der Waals surface area contributed by atoms with E-state index in [9.17, 15) is 24.3 Å². The van der Waals surface area contributed by atoms with Crippen LogP contribution in [0.2, 0.25) is 10.0 Å².